The Bertz CT molecular complexity index is 215. The molecule has 2 fully saturated rings. The van der Waals surface area contributed by atoms with Crippen molar-refractivity contribution in [2.45, 2.75) is 58.8 Å². The first-order chi connectivity index (χ1) is 6.58. The highest BCUT2D eigenvalue weighted by molar-refractivity contribution is 5.60. The van der Waals surface area contributed by atoms with Gasteiger partial charge in [-0.1, -0.05) is 20.3 Å². The first kappa shape index (κ1) is 10.2. The Morgan fingerprint density at radius 2 is 1.64 bits per heavy atom. The predicted octanol–water partition coefficient (Wildman–Crippen LogP) is 3.57. The van der Waals surface area contributed by atoms with Gasteiger partial charge in [-0.25, -0.2) is 0 Å². The van der Waals surface area contributed by atoms with Crippen molar-refractivity contribution in [2.75, 3.05) is 0 Å². The second-order valence-electron chi connectivity index (χ2n) is 6.14. The lowest BCUT2D eigenvalue weighted by Gasteiger charge is -2.48. The molecule has 0 saturated heterocycles. The SMILES string of the molecule is CC1(C)CCC(C=O)(C2CCC2)CC1. The predicted molar refractivity (Wildman–Crippen MR) is 58.1 cm³/mol. The summed E-state index contributed by atoms with van der Waals surface area (Å²) < 4.78 is 0. The molecule has 2 aliphatic carbocycles. The zero-order valence-corrected chi connectivity index (χ0v) is 9.51. The highest BCUT2D eigenvalue weighted by atomic mass is 16.1. The second kappa shape index (κ2) is 3.36. The maximum Gasteiger partial charge on any atom is 0.126 e. The van der Waals surface area contributed by atoms with Gasteiger partial charge in [0.2, 0.25) is 0 Å². The molecule has 0 unspecified atom stereocenters. The summed E-state index contributed by atoms with van der Waals surface area (Å²) in [5.74, 6) is 0.732. The summed E-state index contributed by atoms with van der Waals surface area (Å²) in [6.07, 6.45) is 10.0. The highest BCUT2D eigenvalue weighted by Gasteiger charge is 2.45. The number of carbonyl (C=O) groups excluding carboxylic acids is 1. The molecule has 0 heterocycles. The minimum atomic E-state index is 0.0910. The molecular formula is C13H22O. The fourth-order valence-electron chi connectivity index (χ4n) is 3.00. The molecule has 0 atom stereocenters. The normalized spacial score (nSPS) is 30.7. The van der Waals surface area contributed by atoms with Crippen LogP contribution in [0.15, 0.2) is 0 Å². The van der Waals surface area contributed by atoms with E-state index in [9.17, 15) is 4.79 Å². The molecule has 0 aromatic heterocycles. The van der Waals surface area contributed by atoms with Crippen molar-refractivity contribution < 1.29 is 4.79 Å². The number of aldehydes is 1. The Balaban J connectivity index is 2.04. The zero-order valence-electron chi connectivity index (χ0n) is 9.51. The standard InChI is InChI=1S/C13H22O/c1-12(2)6-8-13(10-14,9-7-12)11-4-3-5-11/h10-11H,3-9H2,1-2H3. The third-order valence-electron chi connectivity index (χ3n) is 4.69. The van der Waals surface area contributed by atoms with E-state index in [1.807, 2.05) is 0 Å². The van der Waals surface area contributed by atoms with E-state index in [2.05, 4.69) is 13.8 Å². The lowest BCUT2D eigenvalue weighted by molar-refractivity contribution is -0.125. The minimum Gasteiger partial charge on any atom is -0.303 e. The van der Waals surface area contributed by atoms with Gasteiger partial charge in [0.15, 0.2) is 0 Å². The van der Waals surface area contributed by atoms with Crippen LogP contribution in [0.2, 0.25) is 0 Å². The average Bonchev–Trinajstić information content (AvgIpc) is 2.06. The van der Waals surface area contributed by atoms with E-state index < -0.39 is 0 Å². The van der Waals surface area contributed by atoms with E-state index in [4.69, 9.17) is 0 Å². The molecule has 2 aliphatic rings. The Kier molecular flexibility index (Phi) is 2.45. The molecule has 0 aromatic carbocycles. The van der Waals surface area contributed by atoms with Crippen molar-refractivity contribution in [2.24, 2.45) is 16.7 Å². The summed E-state index contributed by atoms with van der Waals surface area (Å²) in [4.78, 5) is 11.3. The molecule has 80 valence electrons. The molecule has 2 rings (SSSR count). The second-order valence-corrected chi connectivity index (χ2v) is 6.14. The summed E-state index contributed by atoms with van der Waals surface area (Å²) in [5.41, 5.74) is 0.573. The lowest BCUT2D eigenvalue weighted by atomic mass is 9.56. The van der Waals surface area contributed by atoms with Crippen LogP contribution in [0.4, 0.5) is 0 Å². The van der Waals surface area contributed by atoms with Gasteiger partial charge < -0.3 is 4.79 Å². The van der Waals surface area contributed by atoms with Crippen LogP contribution < -0.4 is 0 Å². The van der Waals surface area contributed by atoms with Crippen LogP contribution >= 0.6 is 0 Å². The molecule has 0 amide bonds. The van der Waals surface area contributed by atoms with Crippen LogP contribution in [0.25, 0.3) is 0 Å². The summed E-state index contributed by atoms with van der Waals surface area (Å²) >= 11 is 0. The van der Waals surface area contributed by atoms with E-state index in [1.165, 1.54) is 38.4 Å². The largest absolute Gasteiger partial charge is 0.303 e. The van der Waals surface area contributed by atoms with Crippen LogP contribution in [0.5, 0.6) is 0 Å². The fraction of sp³-hybridized carbons (Fsp3) is 0.923. The minimum absolute atomic E-state index is 0.0910. The van der Waals surface area contributed by atoms with Crippen molar-refractivity contribution in [3.05, 3.63) is 0 Å². The number of rotatable bonds is 2. The maximum atomic E-state index is 11.3. The smallest absolute Gasteiger partial charge is 0.126 e. The van der Waals surface area contributed by atoms with Gasteiger partial charge in [0.25, 0.3) is 0 Å². The molecule has 0 spiro atoms. The van der Waals surface area contributed by atoms with E-state index >= 15 is 0 Å². The third-order valence-corrected chi connectivity index (χ3v) is 4.69. The first-order valence-corrected chi connectivity index (χ1v) is 6.04. The molecular weight excluding hydrogens is 172 g/mol. The molecule has 0 N–H and O–H groups in total. The van der Waals surface area contributed by atoms with Crippen molar-refractivity contribution in [1.82, 2.24) is 0 Å². The molecule has 1 nitrogen and oxygen atoms in total. The molecule has 2 saturated carbocycles. The lowest BCUT2D eigenvalue weighted by Crippen LogP contribution is -2.41. The molecule has 0 aliphatic heterocycles. The third kappa shape index (κ3) is 1.62. The Morgan fingerprint density at radius 1 is 1.07 bits per heavy atom. The van der Waals surface area contributed by atoms with Gasteiger partial charge in [0.1, 0.15) is 6.29 Å². The summed E-state index contributed by atoms with van der Waals surface area (Å²) in [6.45, 7) is 4.67. The van der Waals surface area contributed by atoms with Crippen molar-refractivity contribution in [1.29, 1.82) is 0 Å². The molecule has 0 bridgehead atoms. The molecule has 0 radical (unpaired) electrons. The van der Waals surface area contributed by atoms with E-state index in [0.29, 0.717) is 5.41 Å². The van der Waals surface area contributed by atoms with Gasteiger partial charge in [-0.05, 0) is 49.9 Å². The Labute approximate surface area is 87.3 Å². The first-order valence-electron chi connectivity index (χ1n) is 6.04. The van der Waals surface area contributed by atoms with Gasteiger partial charge in [0.05, 0.1) is 0 Å². The summed E-state index contributed by atoms with van der Waals surface area (Å²) in [5, 5.41) is 0. The fourth-order valence-corrected chi connectivity index (χ4v) is 3.00. The zero-order chi connectivity index (χ0) is 10.2. The Morgan fingerprint density at radius 3 is 2.00 bits per heavy atom. The number of hydrogen-bond acceptors (Lipinski definition) is 1. The van der Waals surface area contributed by atoms with Gasteiger partial charge in [-0.3, -0.25) is 0 Å². The van der Waals surface area contributed by atoms with Crippen LogP contribution in [0.3, 0.4) is 0 Å². The summed E-state index contributed by atoms with van der Waals surface area (Å²) in [7, 11) is 0. The van der Waals surface area contributed by atoms with Crippen LogP contribution in [0.1, 0.15) is 58.8 Å². The molecule has 1 heteroatoms. The number of hydrogen-bond donors (Lipinski definition) is 0. The van der Waals surface area contributed by atoms with Crippen molar-refractivity contribution >= 4 is 6.29 Å². The average molecular weight is 194 g/mol. The van der Waals surface area contributed by atoms with Crippen LogP contribution in [-0.4, -0.2) is 6.29 Å². The monoisotopic (exact) mass is 194 g/mol. The van der Waals surface area contributed by atoms with Crippen LogP contribution in [-0.2, 0) is 4.79 Å². The topological polar surface area (TPSA) is 17.1 Å². The number of carbonyl (C=O) groups is 1. The summed E-state index contributed by atoms with van der Waals surface area (Å²) in [6, 6.07) is 0. The van der Waals surface area contributed by atoms with Gasteiger partial charge in [-0.15, -0.1) is 0 Å². The van der Waals surface area contributed by atoms with Crippen LogP contribution in [0, 0.1) is 16.7 Å². The van der Waals surface area contributed by atoms with Crippen molar-refractivity contribution in [3.63, 3.8) is 0 Å². The van der Waals surface area contributed by atoms with Gasteiger partial charge in [-0.2, -0.15) is 0 Å². The van der Waals surface area contributed by atoms with E-state index in [1.54, 1.807) is 0 Å². The maximum absolute atomic E-state index is 11.3. The van der Waals surface area contributed by atoms with E-state index in [-0.39, 0.29) is 5.41 Å². The quantitative estimate of drug-likeness (QED) is 0.614. The van der Waals surface area contributed by atoms with Gasteiger partial charge >= 0.3 is 0 Å². The highest BCUT2D eigenvalue weighted by Crippen LogP contribution is 2.53. The van der Waals surface area contributed by atoms with Crippen molar-refractivity contribution in [3.8, 4) is 0 Å². The Hall–Kier alpha value is -0.330. The van der Waals surface area contributed by atoms with Gasteiger partial charge in [0, 0.05) is 5.41 Å². The van der Waals surface area contributed by atoms with E-state index in [0.717, 1.165) is 18.8 Å². The molecule has 0 aromatic rings. The molecule has 14 heavy (non-hydrogen) atoms.